The van der Waals surface area contributed by atoms with Gasteiger partial charge in [0.15, 0.2) is 5.13 Å². The number of aryl methyl sites for hydroxylation is 1. The van der Waals surface area contributed by atoms with Gasteiger partial charge in [-0.2, -0.15) is 5.26 Å². The van der Waals surface area contributed by atoms with Gasteiger partial charge in [0.2, 0.25) is 0 Å². The first-order valence-corrected chi connectivity index (χ1v) is 9.07. The third-order valence-electron chi connectivity index (χ3n) is 4.56. The average Bonchev–Trinajstić information content (AvgIpc) is 3.05. The van der Waals surface area contributed by atoms with Crippen molar-refractivity contribution in [3.8, 4) is 6.07 Å². The predicted molar refractivity (Wildman–Crippen MR) is 98.1 cm³/mol. The summed E-state index contributed by atoms with van der Waals surface area (Å²) in [6, 6.07) is 10.1. The molecule has 1 aliphatic heterocycles. The summed E-state index contributed by atoms with van der Waals surface area (Å²) < 4.78 is 0. The van der Waals surface area contributed by atoms with Crippen LogP contribution >= 0.6 is 11.3 Å². The molecule has 0 bridgehead atoms. The Kier molecular flexibility index (Phi) is 4.98. The first-order valence-electron chi connectivity index (χ1n) is 8.20. The standard InChI is InChI=1S/C19H21N3OS/c1-3-7-13-8-5-6-9-15(13)18-16(10-20)22(17(18)11-23)19-21-14(4-2)12-24-19/h3,5-9,12,16-18,23H,4,11H2,1-2H3/b7-3+/t16-,17+,18+/m1/s1. The largest absolute Gasteiger partial charge is 0.394 e. The van der Waals surface area contributed by atoms with Gasteiger partial charge in [0, 0.05) is 11.3 Å². The smallest absolute Gasteiger partial charge is 0.186 e. The average molecular weight is 339 g/mol. The zero-order valence-corrected chi connectivity index (χ0v) is 14.7. The number of allylic oxidation sites excluding steroid dienone is 1. The lowest BCUT2D eigenvalue weighted by molar-refractivity contribution is 0.187. The molecule has 0 saturated carbocycles. The second kappa shape index (κ2) is 7.16. The zero-order chi connectivity index (χ0) is 17.1. The Bertz CT molecular complexity index is 777. The minimum absolute atomic E-state index is 0.00799. The number of aromatic nitrogens is 1. The summed E-state index contributed by atoms with van der Waals surface area (Å²) >= 11 is 1.55. The molecule has 4 nitrogen and oxygen atoms in total. The monoisotopic (exact) mass is 339 g/mol. The second-order valence-electron chi connectivity index (χ2n) is 5.86. The van der Waals surface area contributed by atoms with Crippen molar-refractivity contribution in [2.45, 2.75) is 38.3 Å². The number of hydrogen-bond acceptors (Lipinski definition) is 5. The highest BCUT2D eigenvalue weighted by atomic mass is 32.1. The third-order valence-corrected chi connectivity index (χ3v) is 5.46. The molecule has 0 spiro atoms. The van der Waals surface area contributed by atoms with Gasteiger partial charge in [-0.1, -0.05) is 43.3 Å². The molecule has 3 rings (SSSR count). The van der Waals surface area contributed by atoms with Crippen LogP contribution in [0.3, 0.4) is 0 Å². The van der Waals surface area contributed by atoms with Crippen LogP contribution in [0.15, 0.2) is 35.7 Å². The van der Waals surface area contributed by atoms with E-state index in [2.05, 4.69) is 36.2 Å². The molecule has 1 saturated heterocycles. The van der Waals surface area contributed by atoms with Crippen LogP contribution in [0.5, 0.6) is 0 Å². The van der Waals surface area contributed by atoms with Crippen LogP contribution < -0.4 is 4.90 Å². The predicted octanol–water partition coefficient (Wildman–Crippen LogP) is 3.60. The van der Waals surface area contributed by atoms with Crippen molar-refractivity contribution in [1.29, 1.82) is 5.26 Å². The lowest BCUT2D eigenvalue weighted by Gasteiger charge is -2.52. The molecule has 1 fully saturated rings. The molecule has 5 heteroatoms. The summed E-state index contributed by atoms with van der Waals surface area (Å²) in [7, 11) is 0. The molecule has 3 atom stereocenters. The summed E-state index contributed by atoms with van der Waals surface area (Å²) in [4.78, 5) is 6.58. The van der Waals surface area contributed by atoms with Crippen molar-refractivity contribution in [2.75, 3.05) is 11.5 Å². The van der Waals surface area contributed by atoms with Gasteiger partial charge in [-0.15, -0.1) is 11.3 Å². The van der Waals surface area contributed by atoms with Crippen LogP contribution in [0.25, 0.3) is 6.08 Å². The molecule has 1 aromatic carbocycles. The zero-order valence-electron chi connectivity index (χ0n) is 13.9. The van der Waals surface area contributed by atoms with Gasteiger partial charge in [-0.3, -0.25) is 0 Å². The maximum absolute atomic E-state index is 9.96. The Morgan fingerprint density at radius 1 is 1.42 bits per heavy atom. The van der Waals surface area contributed by atoms with E-state index >= 15 is 0 Å². The Morgan fingerprint density at radius 3 is 2.83 bits per heavy atom. The minimum Gasteiger partial charge on any atom is -0.394 e. The maximum Gasteiger partial charge on any atom is 0.186 e. The van der Waals surface area contributed by atoms with Crippen LogP contribution in [0, 0.1) is 11.3 Å². The van der Waals surface area contributed by atoms with E-state index < -0.39 is 0 Å². The quantitative estimate of drug-likeness (QED) is 0.904. The number of anilines is 1. The number of aliphatic hydroxyl groups is 1. The molecule has 0 aliphatic carbocycles. The normalized spacial score (nSPS) is 23.2. The second-order valence-corrected chi connectivity index (χ2v) is 6.70. The molecule has 2 aromatic rings. The number of nitriles is 1. The topological polar surface area (TPSA) is 60.2 Å². The van der Waals surface area contributed by atoms with E-state index in [9.17, 15) is 10.4 Å². The van der Waals surface area contributed by atoms with E-state index in [0.717, 1.165) is 28.4 Å². The fourth-order valence-corrected chi connectivity index (χ4v) is 4.37. The van der Waals surface area contributed by atoms with Gasteiger partial charge < -0.3 is 10.0 Å². The number of aliphatic hydroxyl groups excluding tert-OH is 1. The van der Waals surface area contributed by atoms with E-state index in [4.69, 9.17) is 0 Å². The summed E-state index contributed by atoms with van der Waals surface area (Å²) in [5.74, 6) is -0.0126. The van der Waals surface area contributed by atoms with Crippen molar-refractivity contribution >= 4 is 22.5 Å². The number of hydrogen-bond donors (Lipinski definition) is 1. The van der Waals surface area contributed by atoms with Crippen LogP contribution in [0.4, 0.5) is 5.13 Å². The summed E-state index contributed by atoms with van der Waals surface area (Å²) in [5, 5.41) is 22.5. The minimum atomic E-state index is -0.301. The lowest BCUT2D eigenvalue weighted by atomic mass is 9.74. The summed E-state index contributed by atoms with van der Waals surface area (Å²) in [6.45, 7) is 4.06. The molecule has 0 radical (unpaired) electrons. The van der Waals surface area contributed by atoms with Gasteiger partial charge in [-0.05, 0) is 24.5 Å². The lowest BCUT2D eigenvalue weighted by Crippen LogP contribution is -2.63. The van der Waals surface area contributed by atoms with E-state index in [1.807, 2.05) is 35.4 Å². The Morgan fingerprint density at radius 2 is 2.21 bits per heavy atom. The van der Waals surface area contributed by atoms with Crippen molar-refractivity contribution in [3.05, 3.63) is 52.5 Å². The number of benzene rings is 1. The molecule has 1 aromatic heterocycles. The van der Waals surface area contributed by atoms with Gasteiger partial charge in [-0.25, -0.2) is 4.98 Å². The van der Waals surface area contributed by atoms with E-state index in [0.29, 0.717) is 0 Å². The SMILES string of the molecule is C/C=C/c1ccccc1[C@H]1[C@@H](C#N)N(c2nc(CC)cs2)[C@H]1CO. The van der Waals surface area contributed by atoms with E-state index in [1.54, 1.807) is 11.3 Å². The number of rotatable bonds is 5. The highest BCUT2D eigenvalue weighted by molar-refractivity contribution is 7.13. The molecule has 24 heavy (non-hydrogen) atoms. The fraction of sp³-hybridized carbons (Fsp3) is 0.368. The molecule has 124 valence electrons. The maximum atomic E-state index is 9.96. The van der Waals surface area contributed by atoms with Gasteiger partial charge >= 0.3 is 0 Å². The van der Waals surface area contributed by atoms with E-state index in [1.165, 1.54) is 0 Å². The molecular weight excluding hydrogens is 318 g/mol. The molecule has 1 N–H and O–H groups in total. The number of thiazole rings is 1. The Balaban J connectivity index is 1.97. The summed E-state index contributed by atoms with van der Waals surface area (Å²) in [5.41, 5.74) is 3.25. The number of nitrogens with zero attached hydrogens (tertiary/aromatic N) is 3. The molecule has 0 unspecified atom stereocenters. The van der Waals surface area contributed by atoms with Crippen LogP contribution in [0.2, 0.25) is 0 Å². The molecule has 1 aliphatic rings. The third kappa shape index (κ3) is 2.72. The molecular formula is C19H21N3OS. The van der Waals surface area contributed by atoms with Crippen molar-refractivity contribution in [3.63, 3.8) is 0 Å². The fourth-order valence-electron chi connectivity index (χ4n) is 3.37. The first kappa shape index (κ1) is 16.7. The first-order chi connectivity index (χ1) is 11.7. The highest BCUT2D eigenvalue weighted by Crippen LogP contribution is 2.45. The van der Waals surface area contributed by atoms with Gasteiger partial charge in [0.25, 0.3) is 0 Å². The Hall–Kier alpha value is -2.16. The van der Waals surface area contributed by atoms with Crippen LogP contribution in [-0.4, -0.2) is 28.8 Å². The molecule has 2 heterocycles. The summed E-state index contributed by atoms with van der Waals surface area (Å²) in [6.07, 6.45) is 4.93. The van der Waals surface area contributed by atoms with Crippen molar-refractivity contribution in [2.24, 2.45) is 0 Å². The van der Waals surface area contributed by atoms with Gasteiger partial charge in [0.1, 0.15) is 6.04 Å². The van der Waals surface area contributed by atoms with Crippen LogP contribution in [-0.2, 0) is 6.42 Å². The Labute approximate surface area is 146 Å². The van der Waals surface area contributed by atoms with Crippen molar-refractivity contribution in [1.82, 2.24) is 4.98 Å². The van der Waals surface area contributed by atoms with Crippen molar-refractivity contribution < 1.29 is 5.11 Å². The van der Waals surface area contributed by atoms with Gasteiger partial charge in [0.05, 0.1) is 24.4 Å². The van der Waals surface area contributed by atoms with Crippen LogP contribution in [0.1, 0.15) is 36.6 Å². The molecule has 0 amide bonds. The van der Waals surface area contributed by atoms with E-state index in [-0.39, 0.29) is 24.6 Å². The highest BCUT2D eigenvalue weighted by Gasteiger charge is 2.50.